The van der Waals surface area contributed by atoms with Gasteiger partial charge in [0, 0.05) is 11.4 Å². The van der Waals surface area contributed by atoms with E-state index >= 15 is 0 Å². The third-order valence-corrected chi connectivity index (χ3v) is 5.20. The van der Waals surface area contributed by atoms with Gasteiger partial charge in [0.2, 0.25) is 5.91 Å². The first kappa shape index (κ1) is 23.5. The minimum atomic E-state index is -5.45. The fourth-order valence-corrected chi connectivity index (χ4v) is 3.25. The minimum absolute atomic E-state index is 0.183. The molecule has 2 N–H and O–H groups in total. The van der Waals surface area contributed by atoms with E-state index in [2.05, 4.69) is 5.32 Å². The maximum Gasteiger partial charge on any atom is 0.511 e. The lowest BCUT2D eigenvalue weighted by molar-refractivity contribution is -0.122. The molecule has 27 heavy (non-hydrogen) atoms. The van der Waals surface area contributed by atoms with Gasteiger partial charge in [0.15, 0.2) is 0 Å². The van der Waals surface area contributed by atoms with Crippen LogP contribution in [0, 0.1) is 0 Å². The van der Waals surface area contributed by atoms with Crippen molar-refractivity contribution >= 4 is 27.5 Å². The van der Waals surface area contributed by atoms with Crippen molar-refractivity contribution in [2.24, 2.45) is 0 Å². The summed E-state index contributed by atoms with van der Waals surface area (Å²) in [4.78, 5) is 11.7. The summed E-state index contributed by atoms with van der Waals surface area (Å²) in [6.45, 7) is 6.09. The molecule has 1 amide bonds. The van der Waals surface area contributed by atoms with E-state index in [4.69, 9.17) is 16.3 Å². The van der Waals surface area contributed by atoms with Gasteiger partial charge in [-0.25, -0.2) is 13.1 Å². The average Bonchev–Trinajstić information content (AvgIpc) is 2.51. The van der Waals surface area contributed by atoms with E-state index in [1.165, 1.54) is 23.8 Å². The zero-order chi connectivity index (χ0) is 21.0. The second-order valence-corrected chi connectivity index (χ2v) is 8.56. The summed E-state index contributed by atoms with van der Waals surface area (Å²) in [6, 6.07) is 3.44. The molecule has 154 valence electrons. The Labute approximate surface area is 161 Å². The van der Waals surface area contributed by atoms with Crippen LogP contribution in [0.2, 0.25) is 5.02 Å². The van der Waals surface area contributed by atoms with Gasteiger partial charge < -0.3 is 10.1 Å². The number of rotatable bonds is 8. The van der Waals surface area contributed by atoms with Crippen LogP contribution in [0.15, 0.2) is 18.2 Å². The second-order valence-electron chi connectivity index (χ2n) is 6.45. The maximum absolute atomic E-state index is 12.4. The molecular formula is C16H22ClF3N2O4S. The van der Waals surface area contributed by atoms with Crippen LogP contribution in [0.4, 0.5) is 13.2 Å². The zero-order valence-electron chi connectivity index (χ0n) is 15.3. The maximum atomic E-state index is 12.4. The van der Waals surface area contributed by atoms with Crippen LogP contribution in [-0.2, 0) is 20.4 Å². The molecule has 1 aromatic carbocycles. The summed E-state index contributed by atoms with van der Waals surface area (Å²) in [5, 5.41) is 3.18. The van der Waals surface area contributed by atoms with E-state index in [1.54, 1.807) is 26.8 Å². The van der Waals surface area contributed by atoms with Gasteiger partial charge in [-0.05, 0) is 44.5 Å². The first-order valence-corrected chi connectivity index (χ1v) is 9.88. The topological polar surface area (TPSA) is 84.5 Å². The summed E-state index contributed by atoms with van der Waals surface area (Å²) in [5.41, 5.74) is -5.66. The number of carbonyl (C=O) groups is 1. The van der Waals surface area contributed by atoms with Gasteiger partial charge in [-0.15, -0.1) is 0 Å². The lowest BCUT2D eigenvalue weighted by atomic mass is 9.93. The van der Waals surface area contributed by atoms with Crippen LogP contribution >= 0.6 is 11.6 Å². The number of benzene rings is 1. The second kappa shape index (κ2) is 8.66. The lowest BCUT2D eigenvalue weighted by Gasteiger charge is -2.28. The van der Waals surface area contributed by atoms with Crippen molar-refractivity contribution in [3.05, 3.63) is 28.8 Å². The predicted molar refractivity (Wildman–Crippen MR) is 96.0 cm³/mol. The van der Waals surface area contributed by atoms with Crippen molar-refractivity contribution in [2.75, 3.05) is 6.61 Å². The molecule has 6 nitrogen and oxygen atoms in total. The van der Waals surface area contributed by atoms with Crippen LogP contribution in [0.25, 0.3) is 0 Å². The third-order valence-electron chi connectivity index (χ3n) is 3.55. The van der Waals surface area contributed by atoms with Gasteiger partial charge in [0.1, 0.15) is 12.4 Å². The molecule has 0 unspecified atom stereocenters. The summed E-state index contributed by atoms with van der Waals surface area (Å²) in [6.07, 6.45) is 0.286. The molecule has 1 rings (SSSR count). The van der Waals surface area contributed by atoms with Gasteiger partial charge in [0.25, 0.3) is 0 Å². The predicted octanol–water partition coefficient (Wildman–Crippen LogP) is 3.31. The lowest BCUT2D eigenvalue weighted by Crippen LogP contribution is -2.43. The number of sulfonamides is 1. The largest absolute Gasteiger partial charge is 0.511 e. The van der Waals surface area contributed by atoms with Gasteiger partial charge in [-0.1, -0.05) is 18.5 Å². The first-order chi connectivity index (χ1) is 12.2. The van der Waals surface area contributed by atoms with Gasteiger partial charge >= 0.3 is 15.5 Å². The Hall–Kier alpha value is -1.52. The number of hydrogen-bond acceptors (Lipinski definition) is 4. The number of amides is 1. The van der Waals surface area contributed by atoms with Crippen molar-refractivity contribution in [2.45, 2.75) is 51.2 Å². The highest BCUT2D eigenvalue weighted by Crippen LogP contribution is 2.31. The summed E-state index contributed by atoms with van der Waals surface area (Å²) in [5.74, 6) is 0.0869. The molecule has 0 fully saturated rings. The number of nitrogens with one attached hydrogen (secondary N) is 2. The molecule has 1 atom stereocenters. The van der Waals surface area contributed by atoms with Crippen LogP contribution in [0.3, 0.4) is 0 Å². The molecule has 0 radical (unpaired) electrons. The van der Waals surface area contributed by atoms with Crippen molar-refractivity contribution in [3.8, 4) is 5.75 Å². The summed E-state index contributed by atoms with van der Waals surface area (Å²) in [7, 11) is -5.45. The Bertz CT molecular complexity index is 782. The van der Waals surface area contributed by atoms with Gasteiger partial charge in [0.05, 0.1) is 11.6 Å². The molecule has 1 aromatic rings. The van der Waals surface area contributed by atoms with Crippen LogP contribution in [0.1, 0.15) is 39.7 Å². The number of alkyl halides is 3. The van der Waals surface area contributed by atoms with E-state index in [0.717, 1.165) is 0 Å². The number of halogens is 4. The normalized spacial score (nSPS) is 13.9. The Balaban J connectivity index is 2.88. The number of ether oxygens (including phenoxy) is 1. The fraction of sp³-hybridized carbons (Fsp3) is 0.562. The Kier molecular flexibility index (Phi) is 7.54. The first-order valence-electron chi connectivity index (χ1n) is 8.02. The highest BCUT2D eigenvalue weighted by atomic mass is 35.5. The van der Waals surface area contributed by atoms with Crippen LogP contribution < -0.4 is 14.8 Å². The van der Waals surface area contributed by atoms with Gasteiger partial charge in [-0.3, -0.25) is 4.79 Å². The number of hydrogen-bond donors (Lipinski definition) is 2. The van der Waals surface area contributed by atoms with Crippen molar-refractivity contribution in [3.63, 3.8) is 0 Å². The molecule has 0 saturated heterocycles. The molecule has 0 aromatic heterocycles. The molecular weight excluding hydrogens is 409 g/mol. The molecule has 0 aliphatic carbocycles. The summed E-state index contributed by atoms with van der Waals surface area (Å²) >= 11 is 6.18. The van der Waals surface area contributed by atoms with Crippen LogP contribution in [-0.4, -0.2) is 32.5 Å². The van der Waals surface area contributed by atoms with Crippen molar-refractivity contribution < 1.29 is 31.1 Å². The molecule has 0 aliphatic heterocycles. The molecule has 0 saturated carbocycles. The standard InChI is InChI=1S/C16H22ClF3N2O4S/c1-5-14(23)21-15(3,4)12-8-11(6-7-13(12)17)26-9-10(2)22-27(24,25)16(18,19)20/h6-8,10,22H,5,9H2,1-4H3,(H,21,23)/t10-/m0/s1. The Morgan fingerprint density at radius 3 is 2.41 bits per heavy atom. The van der Waals surface area contributed by atoms with Gasteiger partial charge in [-0.2, -0.15) is 13.2 Å². The van der Waals surface area contributed by atoms with Crippen LogP contribution in [0.5, 0.6) is 5.75 Å². The molecule has 0 aliphatic rings. The highest BCUT2D eigenvalue weighted by Gasteiger charge is 2.46. The fourth-order valence-electron chi connectivity index (χ4n) is 2.16. The van der Waals surface area contributed by atoms with E-state index in [9.17, 15) is 26.4 Å². The molecule has 0 heterocycles. The number of carbonyl (C=O) groups excluding carboxylic acids is 1. The smallest absolute Gasteiger partial charge is 0.492 e. The minimum Gasteiger partial charge on any atom is -0.492 e. The molecule has 11 heteroatoms. The van der Waals surface area contributed by atoms with Crippen molar-refractivity contribution in [1.29, 1.82) is 0 Å². The molecule has 0 spiro atoms. The average molecular weight is 431 g/mol. The molecule has 0 bridgehead atoms. The highest BCUT2D eigenvalue weighted by molar-refractivity contribution is 7.90. The quantitative estimate of drug-likeness (QED) is 0.662. The van der Waals surface area contributed by atoms with E-state index in [1.807, 2.05) is 0 Å². The summed E-state index contributed by atoms with van der Waals surface area (Å²) < 4.78 is 66.2. The SMILES string of the molecule is CCC(=O)NC(C)(C)c1cc(OC[C@H](C)NS(=O)(=O)C(F)(F)F)ccc1Cl. The Morgan fingerprint density at radius 2 is 1.89 bits per heavy atom. The van der Waals surface area contributed by atoms with E-state index < -0.39 is 27.1 Å². The third kappa shape index (κ3) is 6.54. The zero-order valence-corrected chi connectivity index (χ0v) is 16.8. The monoisotopic (exact) mass is 430 g/mol. The Morgan fingerprint density at radius 1 is 1.30 bits per heavy atom. The van der Waals surface area contributed by atoms with E-state index in [0.29, 0.717) is 10.6 Å². The van der Waals surface area contributed by atoms with E-state index in [-0.39, 0.29) is 24.7 Å². The van der Waals surface area contributed by atoms with Crippen molar-refractivity contribution in [1.82, 2.24) is 10.0 Å².